The lowest BCUT2D eigenvalue weighted by molar-refractivity contribution is -0.704. The van der Waals surface area contributed by atoms with E-state index in [0.717, 1.165) is 48.2 Å². The van der Waals surface area contributed by atoms with Gasteiger partial charge in [0.05, 0.1) is 12.7 Å². The first-order valence-corrected chi connectivity index (χ1v) is 12.7. The summed E-state index contributed by atoms with van der Waals surface area (Å²) in [5, 5.41) is 6.43. The van der Waals surface area contributed by atoms with E-state index in [4.69, 9.17) is 9.26 Å². The number of amides is 1. The molecule has 2 heterocycles. The molecule has 0 bridgehead atoms. The van der Waals surface area contributed by atoms with Gasteiger partial charge in [0, 0.05) is 29.2 Å². The molecule has 2 aromatic heterocycles. The first-order valence-electron chi connectivity index (χ1n) is 10.9. The third-order valence-electron chi connectivity index (χ3n) is 5.50. The number of carbonyl (C=O) groups excluding carboxylic acids is 2. The van der Waals surface area contributed by atoms with Gasteiger partial charge in [0.25, 0.3) is 0 Å². The minimum atomic E-state index is -0.490. The molecule has 1 aliphatic carbocycles. The SMILES string of the molecule is COC(=O)c1c(NC(=O)CCSc2c(=O)o[nH][n+]2-c2ccccc2)sc2c1CCCCCC2. The number of aromatic nitrogens is 2. The predicted molar refractivity (Wildman–Crippen MR) is 126 cm³/mol. The number of fused-ring (bicyclic) bond motifs is 1. The molecule has 10 heteroatoms. The van der Waals surface area contributed by atoms with E-state index in [1.54, 1.807) is 4.68 Å². The molecule has 1 amide bonds. The quantitative estimate of drug-likeness (QED) is 0.297. The molecule has 3 aromatic rings. The maximum Gasteiger partial charge on any atom is 0.442 e. The number of hydrogen-bond acceptors (Lipinski definition) is 7. The number of aromatic amines is 1. The Balaban J connectivity index is 1.44. The molecule has 1 aliphatic rings. The summed E-state index contributed by atoms with van der Waals surface area (Å²) in [7, 11) is 1.36. The van der Waals surface area contributed by atoms with Crippen molar-refractivity contribution in [1.29, 1.82) is 0 Å². The highest BCUT2D eigenvalue weighted by Crippen LogP contribution is 2.37. The highest BCUT2D eigenvalue weighted by atomic mass is 32.2. The fourth-order valence-electron chi connectivity index (χ4n) is 3.89. The molecular weight excluding hydrogens is 462 g/mol. The number of carbonyl (C=O) groups is 2. The normalized spacial score (nSPS) is 13.6. The Labute approximate surface area is 199 Å². The fourth-order valence-corrected chi connectivity index (χ4v) is 6.09. The van der Waals surface area contributed by atoms with Gasteiger partial charge in [-0.25, -0.2) is 9.59 Å². The standard InChI is InChI=1S/C23H25N3O5S2/c1-30-22(28)19-16-11-7-2-3-8-12-17(16)33-20(19)24-18(27)13-14-32-21-23(29)31-25-26(21)15-9-5-4-6-10-15/h4-6,9-10H,2-3,7-8,11-14H2,1H3,(H-,24,25,27,28,29)/p+1. The largest absolute Gasteiger partial charge is 0.465 e. The lowest BCUT2D eigenvalue weighted by atomic mass is 9.96. The van der Waals surface area contributed by atoms with Gasteiger partial charge in [-0.3, -0.25) is 9.32 Å². The van der Waals surface area contributed by atoms with Crippen LogP contribution in [0.3, 0.4) is 0 Å². The van der Waals surface area contributed by atoms with E-state index in [0.29, 0.717) is 21.3 Å². The van der Waals surface area contributed by atoms with E-state index < -0.39 is 11.6 Å². The summed E-state index contributed by atoms with van der Waals surface area (Å²) in [6.45, 7) is 0. The van der Waals surface area contributed by atoms with Crippen molar-refractivity contribution in [3.05, 3.63) is 56.8 Å². The Hall–Kier alpha value is -2.85. The van der Waals surface area contributed by atoms with Gasteiger partial charge in [0.15, 0.2) is 0 Å². The number of aryl methyl sites for hydroxylation is 1. The summed E-state index contributed by atoms with van der Waals surface area (Å²) in [6, 6.07) is 9.30. The van der Waals surface area contributed by atoms with Gasteiger partial charge < -0.3 is 10.1 Å². The molecule has 0 radical (unpaired) electrons. The number of rotatable bonds is 7. The van der Waals surface area contributed by atoms with Crippen LogP contribution in [-0.4, -0.2) is 30.0 Å². The van der Waals surface area contributed by atoms with Crippen LogP contribution < -0.4 is 15.6 Å². The third-order valence-corrected chi connectivity index (χ3v) is 7.74. The number of esters is 1. The van der Waals surface area contributed by atoms with Gasteiger partial charge in [0.2, 0.25) is 11.6 Å². The van der Waals surface area contributed by atoms with Crippen molar-refractivity contribution in [3.8, 4) is 5.69 Å². The van der Waals surface area contributed by atoms with Crippen molar-refractivity contribution < 1.29 is 23.5 Å². The monoisotopic (exact) mass is 488 g/mol. The Morgan fingerprint density at radius 3 is 2.70 bits per heavy atom. The molecule has 8 nitrogen and oxygen atoms in total. The Bertz CT molecular complexity index is 1180. The van der Waals surface area contributed by atoms with E-state index in [9.17, 15) is 14.4 Å². The summed E-state index contributed by atoms with van der Waals surface area (Å²) < 4.78 is 11.5. The molecule has 0 fully saturated rings. The zero-order chi connectivity index (χ0) is 23.2. The molecule has 0 saturated carbocycles. The number of thioether (sulfide) groups is 1. The van der Waals surface area contributed by atoms with Crippen LogP contribution in [0.25, 0.3) is 5.69 Å². The minimum absolute atomic E-state index is 0.174. The molecule has 0 aliphatic heterocycles. The van der Waals surface area contributed by atoms with E-state index in [-0.39, 0.29) is 12.3 Å². The van der Waals surface area contributed by atoms with E-state index in [1.807, 2.05) is 30.3 Å². The van der Waals surface area contributed by atoms with Gasteiger partial charge in [-0.15, -0.1) is 11.3 Å². The number of benzene rings is 1. The number of nitrogens with one attached hydrogen (secondary N) is 2. The van der Waals surface area contributed by atoms with Crippen LogP contribution in [-0.2, 0) is 22.4 Å². The number of ether oxygens (including phenoxy) is 1. The van der Waals surface area contributed by atoms with Crippen LogP contribution in [0.1, 0.15) is 52.9 Å². The number of anilines is 1. The molecule has 4 rings (SSSR count). The highest BCUT2D eigenvalue weighted by molar-refractivity contribution is 7.99. The molecule has 0 unspecified atom stereocenters. The zero-order valence-electron chi connectivity index (χ0n) is 18.3. The maximum atomic E-state index is 12.7. The molecule has 33 heavy (non-hydrogen) atoms. The second kappa shape index (κ2) is 10.8. The van der Waals surface area contributed by atoms with Crippen LogP contribution in [0, 0.1) is 0 Å². The van der Waals surface area contributed by atoms with E-state index >= 15 is 0 Å². The minimum Gasteiger partial charge on any atom is -0.465 e. The lowest BCUT2D eigenvalue weighted by Crippen LogP contribution is -2.36. The molecule has 0 spiro atoms. The van der Waals surface area contributed by atoms with Crippen molar-refractivity contribution in [2.75, 3.05) is 18.2 Å². The van der Waals surface area contributed by atoms with Crippen molar-refractivity contribution in [2.45, 2.75) is 50.0 Å². The van der Waals surface area contributed by atoms with Crippen LogP contribution in [0.15, 0.2) is 44.7 Å². The summed E-state index contributed by atoms with van der Waals surface area (Å²) in [5.74, 6) is -0.250. The summed E-state index contributed by atoms with van der Waals surface area (Å²) >= 11 is 2.71. The zero-order valence-corrected chi connectivity index (χ0v) is 20.0. The van der Waals surface area contributed by atoms with Crippen LogP contribution in [0.2, 0.25) is 0 Å². The lowest BCUT2D eigenvalue weighted by Gasteiger charge is -2.10. The van der Waals surface area contributed by atoms with Crippen molar-refractivity contribution in [2.24, 2.45) is 0 Å². The van der Waals surface area contributed by atoms with Crippen molar-refractivity contribution >= 4 is 40.0 Å². The average Bonchev–Trinajstić information content (AvgIpc) is 3.33. The number of thiophene rings is 1. The first kappa shape index (κ1) is 23.3. The smallest absolute Gasteiger partial charge is 0.442 e. The molecule has 2 N–H and O–H groups in total. The Kier molecular flexibility index (Phi) is 7.66. The second-order valence-corrected chi connectivity index (χ2v) is 9.91. The van der Waals surface area contributed by atoms with E-state index in [2.05, 4.69) is 10.6 Å². The second-order valence-electron chi connectivity index (χ2n) is 7.72. The number of para-hydroxylation sites is 1. The maximum absolute atomic E-state index is 12.7. The predicted octanol–water partition coefficient (Wildman–Crippen LogP) is 3.87. The van der Waals surface area contributed by atoms with Crippen LogP contribution in [0.4, 0.5) is 5.00 Å². The van der Waals surface area contributed by atoms with Gasteiger partial charge in [0.1, 0.15) is 5.00 Å². The average molecular weight is 489 g/mol. The Morgan fingerprint density at radius 2 is 1.94 bits per heavy atom. The molecule has 174 valence electrons. The first-order chi connectivity index (χ1) is 16.1. The Morgan fingerprint density at radius 1 is 1.18 bits per heavy atom. The number of hydrogen-bond donors (Lipinski definition) is 2. The van der Waals surface area contributed by atoms with Crippen molar-refractivity contribution in [3.63, 3.8) is 0 Å². The van der Waals surface area contributed by atoms with Gasteiger partial charge >= 0.3 is 16.6 Å². The van der Waals surface area contributed by atoms with Gasteiger partial charge in [-0.1, -0.05) is 31.0 Å². The third kappa shape index (κ3) is 5.39. The van der Waals surface area contributed by atoms with Gasteiger partial charge in [-0.2, -0.15) is 0 Å². The molecule has 1 aromatic carbocycles. The highest BCUT2D eigenvalue weighted by Gasteiger charge is 2.27. The summed E-state index contributed by atoms with van der Waals surface area (Å²) in [4.78, 5) is 38.5. The van der Waals surface area contributed by atoms with Gasteiger partial charge in [-0.05, 0) is 53.0 Å². The van der Waals surface area contributed by atoms with Crippen molar-refractivity contribution in [1.82, 2.24) is 5.27 Å². The summed E-state index contributed by atoms with van der Waals surface area (Å²) in [5.41, 5.74) is 1.78. The molecular formula is C23H26N3O5S2+. The van der Waals surface area contributed by atoms with Crippen LogP contribution in [0.5, 0.6) is 0 Å². The van der Waals surface area contributed by atoms with Crippen LogP contribution >= 0.6 is 23.1 Å². The molecule has 0 saturated heterocycles. The number of nitrogens with zero attached hydrogens (tertiary/aromatic N) is 1. The number of methoxy groups -OCH3 is 1. The van der Waals surface area contributed by atoms with E-state index in [1.165, 1.54) is 36.6 Å². The number of H-pyrrole nitrogens is 1. The topological polar surface area (TPSA) is 105 Å². The molecule has 0 atom stereocenters. The summed E-state index contributed by atoms with van der Waals surface area (Å²) in [6.07, 6.45) is 6.35. The fraction of sp³-hybridized carbons (Fsp3) is 0.391.